The van der Waals surface area contributed by atoms with Crippen molar-refractivity contribution >= 4 is 11.6 Å². The summed E-state index contributed by atoms with van der Waals surface area (Å²) in [7, 11) is 0. The molecule has 1 rings (SSSR count). The summed E-state index contributed by atoms with van der Waals surface area (Å²) in [5.41, 5.74) is 0. The van der Waals surface area contributed by atoms with E-state index < -0.39 is 0 Å². The predicted octanol–water partition coefficient (Wildman–Crippen LogP) is 1.53. The molecule has 2 heteroatoms. The first-order chi connectivity index (χ1) is 3.80. The van der Waals surface area contributed by atoms with Crippen LogP contribution < -0.4 is 0 Å². The summed E-state index contributed by atoms with van der Waals surface area (Å²) in [5, 5.41) is 9.08. The van der Waals surface area contributed by atoms with Crippen LogP contribution in [0.2, 0.25) is 0 Å². The van der Waals surface area contributed by atoms with Gasteiger partial charge in [0, 0.05) is 0 Å². The van der Waals surface area contributed by atoms with Crippen LogP contribution in [0.15, 0.2) is 0 Å². The number of aliphatic hydroxyl groups excluding tert-OH is 1. The van der Waals surface area contributed by atoms with Crippen LogP contribution in [0.1, 0.15) is 25.7 Å². The third-order valence-electron chi connectivity index (χ3n) is 1.65. The molecule has 1 aliphatic rings. The molecule has 0 aromatic carbocycles. The highest BCUT2D eigenvalue weighted by Gasteiger charge is 2.19. The van der Waals surface area contributed by atoms with Crippen molar-refractivity contribution in [3.05, 3.63) is 0 Å². The largest absolute Gasteiger partial charge is 0.392 e. The van der Waals surface area contributed by atoms with Crippen molar-refractivity contribution in [2.24, 2.45) is 0 Å². The van der Waals surface area contributed by atoms with Gasteiger partial charge >= 0.3 is 0 Å². The maximum Gasteiger partial charge on any atom is 0.0703 e. The van der Waals surface area contributed by atoms with E-state index in [1.54, 1.807) is 0 Å². The van der Waals surface area contributed by atoms with Crippen LogP contribution in [0.5, 0.6) is 0 Å². The van der Waals surface area contributed by atoms with E-state index in [0.29, 0.717) is 0 Å². The van der Waals surface area contributed by atoms with Crippen molar-refractivity contribution in [2.45, 2.75) is 37.2 Å². The lowest BCUT2D eigenvalue weighted by molar-refractivity contribution is 0.134. The highest BCUT2D eigenvalue weighted by molar-refractivity contribution is 6.21. The van der Waals surface area contributed by atoms with Gasteiger partial charge in [0.15, 0.2) is 0 Å². The van der Waals surface area contributed by atoms with E-state index in [4.69, 9.17) is 16.7 Å². The zero-order valence-corrected chi connectivity index (χ0v) is 5.56. The molecule has 1 nitrogen and oxygen atoms in total. The molecule has 1 N–H and O–H groups in total. The zero-order valence-electron chi connectivity index (χ0n) is 4.81. The van der Waals surface area contributed by atoms with Crippen LogP contribution in [0, 0.1) is 0 Å². The van der Waals surface area contributed by atoms with Gasteiger partial charge in [-0.1, -0.05) is 12.8 Å². The van der Waals surface area contributed by atoms with E-state index in [0.717, 1.165) is 19.3 Å². The average molecular weight is 135 g/mol. The first-order valence-corrected chi connectivity index (χ1v) is 3.56. The van der Waals surface area contributed by atoms with Crippen molar-refractivity contribution in [3.8, 4) is 0 Å². The Bertz CT molecular complexity index is 64.9. The summed E-state index contributed by atoms with van der Waals surface area (Å²) in [4.78, 5) is 0. The highest BCUT2D eigenvalue weighted by atomic mass is 35.5. The van der Waals surface area contributed by atoms with E-state index in [-0.39, 0.29) is 11.5 Å². The number of hydrogen-bond acceptors (Lipinski definition) is 1. The smallest absolute Gasteiger partial charge is 0.0703 e. The lowest BCUT2D eigenvalue weighted by Crippen LogP contribution is -2.24. The fraction of sp³-hybridized carbons (Fsp3) is 1.00. The minimum Gasteiger partial charge on any atom is -0.392 e. The van der Waals surface area contributed by atoms with Gasteiger partial charge in [-0.25, -0.2) is 0 Å². The van der Waals surface area contributed by atoms with E-state index in [9.17, 15) is 0 Å². The van der Waals surface area contributed by atoms with Crippen LogP contribution in [0.25, 0.3) is 0 Å². The summed E-state index contributed by atoms with van der Waals surface area (Å²) >= 11 is 5.72. The van der Waals surface area contributed by atoms with Crippen LogP contribution in [0.3, 0.4) is 0 Å². The van der Waals surface area contributed by atoms with Crippen molar-refractivity contribution in [2.75, 3.05) is 0 Å². The summed E-state index contributed by atoms with van der Waals surface area (Å²) in [6, 6.07) is 0. The molecule has 2 atom stereocenters. The van der Waals surface area contributed by atoms with Crippen LogP contribution in [-0.2, 0) is 0 Å². The Balaban J connectivity index is 2.28. The second kappa shape index (κ2) is 2.70. The molecule has 48 valence electrons. The maximum atomic E-state index is 9.05. The van der Waals surface area contributed by atoms with Gasteiger partial charge in [0.25, 0.3) is 0 Å². The van der Waals surface area contributed by atoms with Gasteiger partial charge in [-0.05, 0) is 12.8 Å². The van der Waals surface area contributed by atoms with Gasteiger partial charge in [0.05, 0.1) is 11.5 Å². The molecule has 2 unspecified atom stereocenters. The number of alkyl halides is 1. The SMILES string of the molecule is OC1CCCCC1Cl. The van der Waals surface area contributed by atoms with Gasteiger partial charge in [-0.2, -0.15) is 0 Å². The average Bonchev–Trinajstić information content (AvgIpc) is 1.77. The van der Waals surface area contributed by atoms with Gasteiger partial charge in [-0.15, -0.1) is 11.6 Å². The van der Waals surface area contributed by atoms with Crippen LogP contribution in [-0.4, -0.2) is 16.6 Å². The molecule has 0 bridgehead atoms. The lowest BCUT2D eigenvalue weighted by Gasteiger charge is -2.21. The topological polar surface area (TPSA) is 20.2 Å². The van der Waals surface area contributed by atoms with Crippen molar-refractivity contribution in [1.82, 2.24) is 0 Å². The first-order valence-electron chi connectivity index (χ1n) is 3.13. The Morgan fingerprint density at radius 1 is 1.25 bits per heavy atom. The number of hydrogen-bond donors (Lipinski definition) is 1. The monoisotopic (exact) mass is 134 g/mol. The standard InChI is InChI=1S/C6H11ClO/c7-5-3-1-2-4-6(5)8/h5-6,8H,1-4H2. The molecule has 0 heterocycles. The summed E-state index contributed by atoms with van der Waals surface area (Å²) in [6.45, 7) is 0. The quantitative estimate of drug-likeness (QED) is 0.499. The predicted molar refractivity (Wildman–Crippen MR) is 34.1 cm³/mol. The molecule has 0 radical (unpaired) electrons. The fourth-order valence-electron chi connectivity index (χ4n) is 1.07. The molecule has 0 saturated heterocycles. The van der Waals surface area contributed by atoms with E-state index >= 15 is 0 Å². The minimum atomic E-state index is -0.231. The Morgan fingerprint density at radius 2 is 1.88 bits per heavy atom. The molecule has 1 aliphatic carbocycles. The second-order valence-electron chi connectivity index (χ2n) is 2.37. The molecule has 0 amide bonds. The molecular formula is C6H11ClO. The second-order valence-corrected chi connectivity index (χ2v) is 2.93. The maximum absolute atomic E-state index is 9.05. The van der Waals surface area contributed by atoms with Gasteiger partial charge in [0.2, 0.25) is 0 Å². The molecule has 0 aliphatic heterocycles. The van der Waals surface area contributed by atoms with E-state index in [2.05, 4.69) is 0 Å². The summed E-state index contributed by atoms with van der Waals surface area (Å²) in [6.07, 6.45) is 3.98. The van der Waals surface area contributed by atoms with Crippen LogP contribution in [0.4, 0.5) is 0 Å². The Kier molecular flexibility index (Phi) is 2.15. The summed E-state index contributed by atoms with van der Waals surface area (Å²) < 4.78 is 0. The van der Waals surface area contributed by atoms with Crippen LogP contribution >= 0.6 is 11.6 Å². The number of halogens is 1. The zero-order chi connectivity index (χ0) is 5.98. The van der Waals surface area contributed by atoms with Gasteiger partial charge < -0.3 is 5.11 Å². The summed E-state index contributed by atoms with van der Waals surface area (Å²) in [5.74, 6) is 0. The molecule has 1 saturated carbocycles. The number of aliphatic hydroxyl groups is 1. The first kappa shape index (κ1) is 6.37. The Labute approximate surface area is 54.7 Å². The Morgan fingerprint density at radius 3 is 2.25 bits per heavy atom. The Hall–Kier alpha value is 0.250. The normalized spacial score (nSPS) is 39.8. The van der Waals surface area contributed by atoms with Gasteiger partial charge in [0.1, 0.15) is 0 Å². The van der Waals surface area contributed by atoms with Crippen molar-refractivity contribution in [1.29, 1.82) is 0 Å². The third kappa shape index (κ3) is 1.36. The third-order valence-corrected chi connectivity index (χ3v) is 2.16. The van der Waals surface area contributed by atoms with E-state index in [1.165, 1.54) is 6.42 Å². The van der Waals surface area contributed by atoms with E-state index in [1.807, 2.05) is 0 Å². The molecule has 0 aromatic rings. The fourth-order valence-corrected chi connectivity index (χ4v) is 1.35. The molecular weight excluding hydrogens is 124 g/mol. The minimum absolute atomic E-state index is 0.0312. The van der Waals surface area contributed by atoms with Gasteiger partial charge in [-0.3, -0.25) is 0 Å². The number of rotatable bonds is 0. The van der Waals surface area contributed by atoms with Crippen molar-refractivity contribution < 1.29 is 5.11 Å². The molecule has 8 heavy (non-hydrogen) atoms. The molecule has 0 aromatic heterocycles. The van der Waals surface area contributed by atoms with Crippen molar-refractivity contribution in [3.63, 3.8) is 0 Å². The molecule has 0 spiro atoms. The molecule has 1 fully saturated rings. The highest BCUT2D eigenvalue weighted by Crippen LogP contribution is 2.22. The lowest BCUT2D eigenvalue weighted by atomic mass is 9.98.